The van der Waals surface area contributed by atoms with Gasteiger partial charge < -0.3 is 28.7 Å². The molecular formula is C21H32N2O7. The molecule has 0 unspecified atom stereocenters. The highest BCUT2D eigenvalue weighted by molar-refractivity contribution is 6.06. The summed E-state index contributed by atoms with van der Waals surface area (Å²) in [5.74, 6) is -0.331. The van der Waals surface area contributed by atoms with Gasteiger partial charge in [-0.3, -0.25) is 4.79 Å². The van der Waals surface area contributed by atoms with Gasteiger partial charge in [-0.05, 0) is 40.5 Å². The summed E-state index contributed by atoms with van der Waals surface area (Å²) in [5, 5.41) is 0. The van der Waals surface area contributed by atoms with Gasteiger partial charge in [-0.1, -0.05) is 0 Å². The highest BCUT2D eigenvalue weighted by atomic mass is 16.6. The first-order valence-electron chi connectivity index (χ1n) is 10.7. The molecule has 0 fully saturated rings. The molecule has 30 heavy (non-hydrogen) atoms. The second kappa shape index (κ2) is 11.5. The number of ether oxygens (including phenoxy) is 4. The molecule has 9 heteroatoms. The summed E-state index contributed by atoms with van der Waals surface area (Å²) in [6.07, 6.45) is 0.990. The summed E-state index contributed by atoms with van der Waals surface area (Å²) in [7, 11) is 0. The number of amides is 2. The number of ketones is 1. The summed E-state index contributed by atoms with van der Waals surface area (Å²) in [5.41, 5.74) is 0. The minimum atomic E-state index is -0.570. The summed E-state index contributed by atoms with van der Waals surface area (Å²) >= 11 is 0. The number of carbonyl (C=O) groups is 3. The number of Topliss-reactive ketones (excluding diaryl/α,β-unsaturated/α-hetero) is 1. The number of hydrogen-bond donors (Lipinski definition) is 0. The van der Waals surface area contributed by atoms with Crippen LogP contribution in [0.1, 0.15) is 53.4 Å². The van der Waals surface area contributed by atoms with Gasteiger partial charge in [0.1, 0.15) is 0 Å². The molecule has 0 bridgehead atoms. The van der Waals surface area contributed by atoms with Gasteiger partial charge in [-0.2, -0.15) is 0 Å². The van der Waals surface area contributed by atoms with E-state index in [-0.39, 0.29) is 23.0 Å². The van der Waals surface area contributed by atoms with Crippen molar-refractivity contribution in [2.75, 3.05) is 39.4 Å². The summed E-state index contributed by atoms with van der Waals surface area (Å²) in [6, 6.07) is 0. The molecule has 0 aliphatic carbocycles. The van der Waals surface area contributed by atoms with Crippen molar-refractivity contribution in [2.24, 2.45) is 0 Å². The maximum atomic E-state index is 13.2. The second-order valence-corrected chi connectivity index (χ2v) is 6.82. The predicted molar refractivity (Wildman–Crippen MR) is 108 cm³/mol. The molecule has 2 amide bonds. The van der Waals surface area contributed by atoms with E-state index in [0.29, 0.717) is 65.1 Å². The zero-order valence-corrected chi connectivity index (χ0v) is 18.3. The van der Waals surface area contributed by atoms with Crippen LogP contribution in [0.15, 0.2) is 23.0 Å². The Bertz CT molecular complexity index is 648. The lowest BCUT2D eigenvalue weighted by atomic mass is 10.1. The Hall–Kier alpha value is -2.71. The lowest BCUT2D eigenvalue weighted by Gasteiger charge is -2.26. The van der Waals surface area contributed by atoms with Gasteiger partial charge in [0.2, 0.25) is 11.5 Å². The average Bonchev–Trinajstić information content (AvgIpc) is 2.76. The average molecular weight is 424 g/mol. The van der Waals surface area contributed by atoms with E-state index in [1.165, 1.54) is 9.80 Å². The van der Waals surface area contributed by atoms with Crippen LogP contribution in [0.3, 0.4) is 0 Å². The molecule has 0 aromatic rings. The zero-order valence-electron chi connectivity index (χ0n) is 18.3. The predicted octanol–water partition coefficient (Wildman–Crippen LogP) is 3.56. The van der Waals surface area contributed by atoms with Gasteiger partial charge in [-0.25, -0.2) is 9.59 Å². The van der Waals surface area contributed by atoms with Crippen LogP contribution in [-0.4, -0.2) is 67.2 Å². The highest BCUT2D eigenvalue weighted by Crippen LogP contribution is 2.29. The van der Waals surface area contributed by atoms with Gasteiger partial charge in [0, 0.05) is 39.0 Å². The molecule has 0 N–H and O–H groups in total. The number of rotatable bonds is 8. The molecule has 0 atom stereocenters. The summed E-state index contributed by atoms with van der Waals surface area (Å²) in [4.78, 5) is 40.9. The van der Waals surface area contributed by atoms with E-state index < -0.39 is 18.0 Å². The molecule has 0 aromatic carbocycles. The Labute approximate surface area is 177 Å². The smallest absolute Gasteiger partial charge is 0.415 e. The van der Waals surface area contributed by atoms with Crippen LogP contribution in [0.25, 0.3) is 0 Å². The number of allylic oxidation sites excluding steroid dienone is 2. The molecule has 2 heterocycles. The third-order valence-electron chi connectivity index (χ3n) is 4.97. The van der Waals surface area contributed by atoms with Gasteiger partial charge in [-0.15, -0.1) is 0 Å². The Kier molecular flexibility index (Phi) is 9.01. The van der Waals surface area contributed by atoms with Gasteiger partial charge in [0.25, 0.3) is 5.78 Å². The number of hydrogen-bond acceptors (Lipinski definition) is 7. The molecule has 0 aromatic heterocycles. The van der Waals surface area contributed by atoms with Crippen molar-refractivity contribution < 1.29 is 33.3 Å². The van der Waals surface area contributed by atoms with E-state index in [1.807, 2.05) is 27.7 Å². The third-order valence-corrected chi connectivity index (χ3v) is 4.97. The lowest BCUT2D eigenvalue weighted by molar-refractivity contribution is -0.120. The van der Waals surface area contributed by atoms with E-state index in [2.05, 4.69) is 0 Å². The monoisotopic (exact) mass is 424 g/mol. The minimum Gasteiger partial charge on any atom is -0.486 e. The van der Waals surface area contributed by atoms with Crippen LogP contribution in [0.2, 0.25) is 0 Å². The standard InChI is InChI=1S/C21H32N2O7/c1-5-22(6-2)20(25)29-15-11-9-13-27-18(15)17(24)19-16(12-10-14-28-19)30-21(26)23(7-3)8-4/h5-14H2,1-4H3. The first kappa shape index (κ1) is 23.6. The Morgan fingerprint density at radius 3 is 1.43 bits per heavy atom. The van der Waals surface area contributed by atoms with Crippen molar-refractivity contribution in [2.45, 2.75) is 53.4 Å². The summed E-state index contributed by atoms with van der Waals surface area (Å²) in [6.45, 7) is 10.0. The normalized spacial score (nSPS) is 16.4. The fourth-order valence-corrected chi connectivity index (χ4v) is 3.19. The molecule has 0 saturated heterocycles. The topological polar surface area (TPSA) is 94.6 Å². The van der Waals surface area contributed by atoms with Crippen LogP contribution >= 0.6 is 0 Å². The van der Waals surface area contributed by atoms with E-state index >= 15 is 0 Å². The molecular weight excluding hydrogens is 392 g/mol. The van der Waals surface area contributed by atoms with Crippen molar-refractivity contribution in [3.05, 3.63) is 23.0 Å². The molecule has 2 rings (SSSR count). The largest absolute Gasteiger partial charge is 0.486 e. The van der Waals surface area contributed by atoms with E-state index in [4.69, 9.17) is 18.9 Å². The van der Waals surface area contributed by atoms with Crippen molar-refractivity contribution >= 4 is 18.0 Å². The fraction of sp³-hybridized carbons (Fsp3) is 0.667. The van der Waals surface area contributed by atoms with Crippen LogP contribution < -0.4 is 0 Å². The zero-order chi connectivity index (χ0) is 22.1. The van der Waals surface area contributed by atoms with Crippen molar-refractivity contribution in [1.82, 2.24) is 9.80 Å². The lowest BCUT2D eigenvalue weighted by Crippen LogP contribution is -2.33. The maximum Gasteiger partial charge on any atom is 0.415 e. The van der Waals surface area contributed by atoms with Gasteiger partial charge in [0.15, 0.2) is 11.5 Å². The Morgan fingerprint density at radius 2 is 1.10 bits per heavy atom. The third kappa shape index (κ3) is 5.67. The van der Waals surface area contributed by atoms with Crippen LogP contribution in [0.5, 0.6) is 0 Å². The first-order chi connectivity index (χ1) is 14.5. The molecule has 0 saturated carbocycles. The second-order valence-electron chi connectivity index (χ2n) is 6.82. The van der Waals surface area contributed by atoms with Crippen molar-refractivity contribution in [1.29, 1.82) is 0 Å². The van der Waals surface area contributed by atoms with Crippen molar-refractivity contribution in [3.8, 4) is 0 Å². The van der Waals surface area contributed by atoms with Crippen LogP contribution in [-0.2, 0) is 23.7 Å². The maximum absolute atomic E-state index is 13.2. The van der Waals surface area contributed by atoms with Gasteiger partial charge in [0.05, 0.1) is 13.2 Å². The quantitative estimate of drug-likeness (QED) is 0.588. The molecule has 2 aliphatic heterocycles. The molecule has 9 nitrogen and oxygen atoms in total. The number of carbonyl (C=O) groups excluding carboxylic acids is 3. The fourth-order valence-electron chi connectivity index (χ4n) is 3.19. The molecule has 2 aliphatic rings. The molecule has 168 valence electrons. The Morgan fingerprint density at radius 1 is 0.733 bits per heavy atom. The Balaban J connectivity index is 2.30. The minimum absolute atomic E-state index is 0.0601. The van der Waals surface area contributed by atoms with E-state index in [1.54, 1.807) is 0 Å². The first-order valence-corrected chi connectivity index (χ1v) is 10.7. The van der Waals surface area contributed by atoms with E-state index in [0.717, 1.165) is 0 Å². The van der Waals surface area contributed by atoms with Crippen LogP contribution in [0, 0.1) is 0 Å². The molecule has 0 radical (unpaired) electrons. The molecule has 0 spiro atoms. The van der Waals surface area contributed by atoms with Crippen molar-refractivity contribution in [3.63, 3.8) is 0 Å². The van der Waals surface area contributed by atoms with Gasteiger partial charge >= 0.3 is 12.2 Å². The van der Waals surface area contributed by atoms with Crippen LogP contribution in [0.4, 0.5) is 9.59 Å². The summed E-state index contributed by atoms with van der Waals surface area (Å²) < 4.78 is 22.1. The highest BCUT2D eigenvalue weighted by Gasteiger charge is 2.33. The number of nitrogens with zero attached hydrogens (tertiary/aromatic N) is 2. The van der Waals surface area contributed by atoms with E-state index in [9.17, 15) is 14.4 Å². The SMILES string of the molecule is CCN(CC)C(=O)OC1=C(C(=O)C2=C(OC(=O)N(CC)CC)CCCO2)OCCC1.